The lowest BCUT2D eigenvalue weighted by atomic mass is 10.0. The number of hydrogen-bond acceptors (Lipinski definition) is 6. The Morgan fingerprint density at radius 2 is 2.53 bits per heavy atom. The lowest BCUT2D eigenvalue weighted by molar-refractivity contribution is 0.0267. The number of rotatable bonds is 4. The van der Waals surface area contributed by atoms with Gasteiger partial charge in [-0.25, -0.2) is 0 Å². The molecule has 1 aliphatic rings. The Morgan fingerprint density at radius 3 is 3.13 bits per heavy atom. The first-order valence-corrected chi connectivity index (χ1v) is 4.92. The summed E-state index contributed by atoms with van der Waals surface area (Å²) >= 11 is 0. The molecule has 0 bridgehead atoms. The van der Waals surface area contributed by atoms with Crippen LogP contribution in [0.5, 0.6) is 0 Å². The van der Waals surface area contributed by atoms with E-state index in [1.54, 1.807) is 7.05 Å². The summed E-state index contributed by atoms with van der Waals surface area (Å²) in [7, 11) is 1.72. The van der Waals surface area contributed by atoms with Crippen molar-refractivity contribution in [2.45, 2.75) is 18.6 Å². The van der Waals surface area contributed by atoms with E-state index in [2.05, 4.69) is 20.7 Å². The van der Waals surface area contributed by atoms with Gasteiger partial charge in [0.15, 0.2) is 5.82 Å². The molecule has 7 nitrogen and oxygen atoms in total. The maximum Gasteiger partial charge on any atom is 0.188 e. The van der Waals surface area contributed by atoms with Crippen LogP contribution in [-0.4, -0.2) is 50.7 Å². The number of aryl methyl sites for hydroxylation is 1. The quantitative estimate of drug-likeness (QED) is 0.630. The van der Waals surface area contributed by atoms with E-state index in [1.165, 1.54) is 4.80 Å². The Hall–Kier alpha value is -1.05. The van der Waals surface area contributed by atoms with E-state index in [4.69, 9.17) is 4.74 Å². The summed E-state index contributed by atoms with van der Waals surface area (Å²) < 4.78 is 5.13. The molecule has 2 N–H and O–H groups in total. The van der Waals surface area contributed by atoms with E-state index in [9.17, 15) is 5.11 Å². The zero-order chi connectivity index (χ0) is 10.7. The molecule has 84 valence electrons. The summed E-state index contributed by atoms with van der Waals surface area (Å²) in [6, 6.07) is 0. The molecule has 1 aliphatic heterocycles. The largest absolute Gasteiger partial charge is 0.386 e. The van der Waals surface area contributed by atoms with Crippen molar-refractivity contribution in [1.82, 2.24) is 25.5 Å². The van der Waals surface area contributed by atoms with Gasteiger partial charge in [0.25, 0.3) is 0 Å². The second-order valence-corrected chi connectivity index (χ2v) is 3.83. The van der Waals surface area contributed by atoms with E-state index < -0.39 is 5.60 Å². The van der Waals surface area contributed by atoms with Crippen molar-refractivity contribution in [3.63, 3.8) is 0 Å². The number of tetrazole rings is 1. The van der Waals surface area contributed by atoms with Crippen molar-refractivity contribution in [1.29, 1.82) is 0 Å². The normalized spacial score (nSPS) is 26.0. The maximum absolute atomic E-state index is 9.93. The molecular weight excluding hydrogens is 198 g/mol. The van der Waals surface area contributed by atoms with Crippen molar-refractivity contribution in [3.05, 3.63) is 5.82 Å². The smallest absolute Gasteiger partial charge is 0.188 e. The van der Waals surface area contributed by atoms with E-state index in [0.717, 1.165) is 0 Å². The van der Waals surface area contributed by atoms with Gasteiger partial charge in [0, 0.05) is 19.6 Å². The SMILES string of the molecule is Cn1nnc(CNCC2(O)CCOC2)n1. The van der Waals surface area contributed by atoms with Gasteiger partial charge < -0.3 is 15.2 Å². The van der Waals surface area contributed by atoms with Crippen molar-refractivity contribution >= 4 is 0 Å². The predicted molar refractivity (Wildman–Crippen MR) is 50.9 cm³/mol. The molecule has 2 rings (SSSR count). The number of nitrogens with zero attached hydrogens (tertiary/aromatic N) is 4. The van der Waals surface area contributed by atoms with Crippen molar-refractivity contribution in [2.24, 2.45) is 7.05 Å². The second-order valence-electron chi connectivity index (χ2n) is 3.83. The third kappa shape index (κ3) is 2.71. The summed E-state index contributed by atoms with van der Waals surface area (Å²) in [6.45, 7) is 2.02. The van der Waals surface area contributed by atoms with Gasteiger partial charge in [-0.2, -0.15) is 4.80 Å². The molecule has 0 amide bonds. The highest BCUT2D eigenvalue weighted by atomic mass is 16.5. The van der Waals surface area contributed by atoms with Crippen LogP contribution in [0.1, 0.15) is 12.2 Å². The van der Waals surface area contributed by atoms with E-state index in [-0.39, 0.29) is 0 Å². The number of ether oxygens (including phenoxy) is 1. The number of aromatic nitrogens is 4. The van der Waals surface area contributed by atoms with Gasteiger partial charge in [-0.05, 0) is 5.21 Å². The van der Waals surface area contributed by atoms with Gasteiger partial charge in [0.2, 0.25) is 0 Å². The zero-order valence-electron chi connectivity index (χ0n) is 8.68. The molecule has 0 aromatic carbocycles. The molecule has 1 unspecified atom stereocenters. The Bertz CT molecular complexity index is 321. The fraction of sp³-hybridized carbons (Fsp3) is 0.875. The lowest BCUT2D eigenvalue weighted by Crippen LogP contribution is -2.40. The third-order valence-corrected chi connectivity index (χ3v) is 2.37. The molecule has 1 aromatic rings. The molecule has 1 aromatic heterocycles. The third-order valence-electron chi connectivity index (χ3n) is 2.37. The summed E-state index contributed by atoms with van der Waals surface area (Å²) in [5.41, 5.74) is -0.734. The fourth-order valence-corrected chi connectivity index (χ4v) is 1.54. The standard InChI is InChI=1S/C8H15N5O2/c1-13-11-7(10-12-13)4-9-5-8(14)2-3-15-6-8/h9,14H,2-6H2,1H3. The number of nitrogens with one attached hydrogen (secondary N) is 1. The lowest BCUT2D eigenvalue weighted by Gasteiger charge is -2.19. The molecule has 0 spiro atoms. The first-order chi connectivity index (χ1) is 7.18. The van der Waals surface area contributed by atoms with Crippen LogP contribution in [0, 0.1) is 0 Å². The highest BCUT2D eigenvalue weighted by Gasteiger charge is 2.31. The molecule has 0 aliphatic carbocycles. The molecule has 7 heteroatoms. The van der Waals surface area contributed by atoms with Gasteiger partial charge in [-0.3, -0.25) is 0 Å². The minimum atomic E-state index is -0.734. The molecule has 1 saturated heterocycles. The van der Waals surface area contributed by atoms with Crippen LogP contribution in [0.25, 0.3) is 0 Å². The van der Waals surface area contributed by atoms with Crippen molar-refractivity contribution in [2.75, 3.05) is 19.8 Å². The minimum Gasteiger partial charge on any atom is -0.386 e. The molecule has 0 saturated carbocycles. The van der Waals surface area contributed by atoms with Crippen LogP contribution in [-0.2, 0) is 18.3 Å². The van der Waals surface area contributed by atoms with Crippen LogP contribution in [0.15, 0.2) is 0 Å². The van der Waals surface area contributed by atoms with Crippen LogP contribution in [0.3, 0.4) is 0 Å². The number of aliphatic hydroxyl groups is 1. The van der Waals surface area contributed by atoms with Crippen LogP contribution in [0.2, 0.25) is 0 Å². The van der Waals surface area contributed by atoms with Gasteiger partial charge in [0.05, 0.1) is 20.2 Å². The highest BCUT2D eigenvalue weighted by molar-refractivity contribution is 4.86. The minimum absolute atomic E-state index is 0.397. The summed E-state index contributed by atoms with van der Waals surface area (Å²) in [6.07, 6.45) is 0.675. The Morgan fingerprint density at radius 1 is 1.67 bits per heavy atom. The zero-order valence-corrected chi connectivity index (χ0v) is 8.68. The van der Waals surface area contributed by atoms with Crippen molar-refractivity contribution in [3.8, 4) is 0 Å². The van der Waals surface area contributed by atoms with Gasteiger partial charge in [0.1, 0.15) is 5.60 Å². The van der Waals surface area contributed by atoms with Crippen LogP contribution in [0.4, 0.5) is 0 Å². The van der Waals surface area contributed by atoms with E-state index in [1.807, 2.05) is 0 Å². The number of hydrogen-bond donors (Lipinski definition) is 2. The molecule has 1 fully saturated rings. The fourth-order valence-electron chi connectivity index (χ4n) is 1.54. The summed E-state index contributed by atoms with van der Waals surface area (Å²) in [5.74, 6) is 0.625. The Kier molecular flexibility index (Phi) is 2.94. The first-order valence-electron chi connectivity index (χ1n) is 4.92. The molecule has 15 heavy (non-hydrogen) atoms. The molecule has 0 radical (unpaired) electrons. The monoisotopic (exact) mass is 213 g/mol. The van der Waals surface area contributed by atoms with E-state index >= 15 is 0 Å². The van der Waals surface area contributed by atoms with Crippen molar-refractivity contribution < 1.29 is 9.84 Å². The van der Waals surface area contributed by atoms with E-state index in [0.29, 0.717) is 38.5 Å². The van der Waals surface area contributed by atoms with Gasteiger partial charge in [-0.1, -0.05) is 0 Å². The average molecular weight is 213 g/mol. The molecular formula is C8H15N5O2. The van der Waals surface area contributed by atoms with Crippen LogP contribution >= 0.6 is 0 Å². The Labute approximate surface area is 87.4 Å². The molecule has 1 atom stereocenters. The topological polar surface area (TPSA) is 85.1 Å². The highest BCUT2D eigenvalue weighted by Crippen LogP contribution is 2.16. The van der Waals surface area contributed by atoms with Gasteiger partial charge in [-0.15, -0.1) is 10.2 Å². The maximum atomic E-state index is 9.93. The van der Waals surface area contributed by atoms with Gasteiger partial charge >= 0.3 is 0 Å². The van der Waals surface area contributed by atoms with Crippen LogP contribution < -0.4 is 5.32 Å². The second kappa shape index (κ2) is 4.21. The average Bonchev–Trinajstić information content (AvgIpc) is 2.76. The molecule has 2 heterocycles. The first kappa shape index (κ1) is 10.5. The summed E-state index contributed by atoms with van der Waals surface area (Å²) in [5, 5.41) is 24.6. The Balaban J connectivity index is 1.75. The summed E-state index contributed by atoms with van der Waals surface area (Å²) in [4.78, 5) is 1.41. The predicted octanol–water partition coefficient (Wildman–Crippen LogP) is -1.55.